The van der Waals surface area contributed by atoms with Crippen LogP contribution in [0.4, 0.5) is 5.69 Å². The van der Waals surface area contributed by atoms with Crippen molar-refractivity contribution in [3.8, 4) is 5.75 Å². The molecule has 0 unspecified atom stereocenters. The van der Waals surface area contributed by atoms with E-state index in [0.29, 0.717) is 11.1 Å². The van der Waals surface area contributed by atoms with E-state index in [9.17, 15) is 14.7 Å². The van der Waals surface area contributed by atoms with Gasteiger partial charge >= 0.3 is 0 Å². The van der Waals surface area contributed by atoms with Gasteiger partial charge in [0.15, 0.2) is 11.6 Å². The summed E-state index contributed by atoms with van der Waals surface area (Å²) in [6.07, 6.45) is 0. The number of hydrogen-bond acceptors (Lipinski definition) is 3. The van der Waals surface area contributed by atoms with Crippen LogP contribution in [-0.4, -0.2) is 36.3 Å². The van der Waals surface area contributed by atoms with Crippen molar-refractivity contribution in [1.82, 2.24) is 4.48 Å². The summed E-state index contributed by atoms with van der Waals surface area (Å²) in [7, 11) is 0. The van der Waals surface area contributed by atoms with Crippen LogP contribution in [0.25, 0.3) is 0 Å². The largest absolute Gasteiger partial charge is 0.507 e. The molecule has 0 spiro atoms. The summed E-state index contributed by atoms with van der Waals surface area (Å²) in [5, 5.41) is 10.5. The van der Waals surface area contributed by atoms with Crippen LogP contribution < -0.4 is 4.48 Å². The van der Waals surface area contributed by atoms with Gasteiger partial charge in [-0.2, -0.15) is 0 Å². The van der Waals surface area contributed by atoms with Gasteiger partial charge in [-0.05, 0) is 33.8 Å². The van der Waals surface area contributed by atoms with Gasteiger partial charge in [0.2, 0.25) is 0 Å². The van der Waals surface area contributed by atoms with E-state index < -0.39 is 0 Å². The Bertz CT molecular complexity index is 783. The van der Waals surface area contributed by atoms with Gasteiger partial charge in [-0.3, -0.25) is 14.1 Å². The lowest BCUT2D eigenvalue weighted by atomic mass is 9.95. The Hall–Kier alpha value is -2.46. The second-order valence-electron chi connectivity index (χ2n) is 6.23. The van der Waals surface area contributed by atoms with Crippen molar-refractivity contribution < 1.29 is 14.7 Å². The third-order valence-corrected chi connectivity index (χ3v) is 5.14. The van der Waals surface area contributed by atoms with Crippen molar-refractivity contribution in [2.75, 3.05) is 19.6 Å². The van der Waals surface area contributed by atoms with E-state index in [-0.39, 0.29) is 22.9 Å². The zero-order valence-electron chi connectivity index (χ0n) is 15.4. The predicted molar refractivity (Wildman–Crippen MR) is 101 cm³/mol. The topological polar surface area (TPSA) is 54.4 Å². The molecule has 0 amide bonds. The Morgan fingerprint density at radius 3 is 1.92 bits per heavy atom. The molecule has 0 aliphatic rings. The Labute approximate surface area is 149 Å². The molecule has 0 bridgehead atoms. The minimum atomic E-state index is -0.336. The number of ketones is 2. The molecule has 0 aromatic heterocycles. The Morgan fingerprint density at radius 1 is 0.880 bits per heavy atom. The molecule has 0 aliphatic heterocycles. The molecule has 0 fully saturated rings. The van der Waals surface area contributed by atoms with Crippen LogP contribution in [-0.2, 0) is 0 Å². The third kappa shape index (κ3) is 3.49. The molecule has 0 saturated heterocycles. The summed E-state index contributed by atoms with van der Waals surface area (Å²) in [4.78, 5) is 24.6. The average Bonchev–Trinajstić information content (AvgIpc) is 2.63. The monoisotopic (exact) mass is 340 g/mol. The first-order valence-electron chi connectivity index (χ1n) is 8.74. The first-order valence-corrected chi connectivity index (χ1v) is 8.74. The maximum Gasteiger partial charge on any atom is 0.197 e. The minimum Gasteiger partial charge on any atom is -0.507 e. The molecule has 25 heavy (non-hydrogen) atoms. The standard InChI is InChI=1S/C21H25NO3/c1-5-22(6-2,7-3)16-12-13-19(20(24)14-16)21(25)18-11-9-8-10-17(18)15(4)23/h8-14H,5-7H2,1-4H3/p+1. The minimum absolute atomic E-state index is 0.0429. The fraction of sp³-hybridized carbons (Fsp3) is 0.333. The highest BCUT2D eigenvalue weighted by atomic mass is 16.3. The van der Waals surface area contributed by atoms with E-state index in [1.54, 1.807) is 36.4 Å². The van der Waals surface area contributed by atoms with Crippen LogP contribution in [0.2, 0.25) is 0 Å². The molecule has 4 nitrogen and oxygen atoms in total. The third-order valence-electron chi connectivity index (χ3n) is 5.14. The highest BCUT2D eigenvalue weighted by molar-refractivity contribution is 6.16. The van der Waals surface area contributed by atoms with Gasteiger partial charge in [0.05, 0.1) is 25.2 Å². The van der Waals surface area contributed by atoms with Crippen molar-refractivity contribution >= 4 is 17.3 Å². The predicted octanol–water partition coefficient (Wildman–Crippen LogP) is 4.19. The van der Waals surface area contributed by atoms with Crippen molar-refractivity contribution in [3.05, 3.63) is 59.2 Å². The highest BCUT2D eigenvalue weighted by Crippen LogP contribution is 2.31. The summed E-state index contributed by atoms with van der Waals surface area (Å²) in [5.41, 5.74) is 1.90. The van der Waals surface area contributed by atoms with E-state index >= 15 is 0 Å². The smallest absolute Gasteiger partial charge is 0.197 e. The van der Waals surface area contributed by atoms with Gasteiger partial charge in [0.25, 0.3) is 0 Å². The second-order valence-corrected chi connectivity index (χ2v) is 6.23. The summed E-state index contributed by atoms with van der Waals surface area (Å²) in [5.74, 6) is -0.546. The van der Waals surface area contributed by atoms with Gasteiger partial charge in [0, 0.05) is 23.3 Å². The lowest BCUT2D eigenvalue weighted by Gasteiger charge is -2.35. The summed E-state index contributed by atoms with van der Waals surface area (Å²) >= 11 is 0. The average molecular weight is 340 g/mol. The Balaban J connectivity index is 2.49. The molecule has 2 aromatic carbocycles. The number of aromatic hydroxyl groups is 1. The number of phenolic OH excluding ortho intramolecular Hbond substituents is 1. The number of quaternary nitrogens is 1. The number of rotatable bonds is 7. The molecule has 0 aliphatic carbocycles. The zero-order chi connectivity index (χ0) is 18.6. The summed E-state index contributed by atoms with van der Waals surface area (Å²) in [6.45, 7) is 10.5. The van der Waals surface area contributed by atoms with E-state index in [4.69, 9.17) is 0 Å². The maximum absolute atomic E-state index is 12.8. The Morgan fingerprint density at radius 2 is 1.44 bits per heavy atom. The number of benzene rings is 2. The zero-order valence-corrected chi connectivity index (χ0v) is 15.4. The fourth-order valence-corrected chi connectivity index (χ4v) is 3.36. The van der Waals surface area contributed by atoms with E-state index in [0.717, 1.165) is 29.8 Å². The van der Waals surface area contributed by atoms with Crippen LogP contribution >= 0.6 is 0 Å². The van der Waals surface area contributed by atoms with Gasteiger partial charge in [-0.15, -0.1) is 0 Å². The molecular weight excluding hydrogens is 314 g/mol. The summed E-state index contributed by atoms with van der Waals surface area (Å²) < 4.78 is 0.742. The fourth-order valence-electron chi connectivity index (χ4n) is 3.36. The normalized spacial score (nSPS) is 11.4. The van der Waals surface area contributed by atoms with E-state index in [2.05, 4.69) is 20.8 Å². The molecule has 0 saturated carbocycles. The Kier molecular flexibility index (Phi) is 5.75. The number of phenols is 1. The summed E-state index contributed by atoms with van der Waals surface area (Å²) in [6, 6.07) is 12.0. The number of nitrogens with zero attached hydrogens (tertiary/aromatic N) is 1. The molecule has 0 heterocycles. The van der Waals surface area contributed by atoms with Crippen molar-refractivity contribution in [2.45, 2.75) is 27.7 Å². The van der Waals surface area contributed by atoms with Crippen LogP contribution in [0, 0.1) is 0 Å². The highest BCUT2D eigenvalue weighted by Gasteiger charge is 2.27. The number of carbonyl (C=O) groups excluding carboxylic acids is 2. The first kappa shape index (κ1) is 18.9. The molecule has 2 aromatic rings. The quantitative estimate of drug-likeness (QED) is 0.607. The number of Topliss-reactive ketones (excluding diaryl/α,β-unsaturated/α-hetero) is 1. The van der Waals surface area contributed by atoms with Crippen LogP contribution in [0.5, 0.6) is 5.75 Å². The van der Waals surface area contributed by atoms with Crippen LogP contribution in [0.3, 0.4) is 0 Å². The van der Waals surface area contributed by atoms with Gasteiger partial charge < -0.3 is 5.11 Å². The maximum atomic E-state index is 12.8. The van der Waals surface area contributed by atoms with Gasteiger partial charge in [0.1, 0.15) is 11.4 Å². The molecule has 0 atom stereocenters. The van der Waals surface area contributed by atoms with Crippen LogP contribution in [0.1, 0.15) is 54.0 Å². The number of hydrogen-bond donors (Lipinski definition) is 1. The molecule has 132 valence electrons. The van der Waals surface area contributed by atoms with Crippen molar-refractivity contribution in [2.24, 2.45) is 0 Å². The van der Waals surface area contributed by atoms with Gasteiger partial charge in [-0.25, -0.2) is 0 Å². The second kappa shape index (κ2) is 7.62. The number of carbonyl (C=O) groups is 2. The molecular formula is C21H26NO3+. The van der Waals surface area contributed by atoms with Crippen molar-refractivity contribution in [3.63, 3.8) is 0 Å². The molecule has 4 heteroatoms. The van der Waals surface area contributed by atoms with E-state index in [1.807, 2.05) is 6.07 Å². The molecule has 1 N–H and O–H groups in total. The lowest BCUT2D eigenvalue weighted by molar-refractivity contribution is 0.0989. The lowest BCUT2D eigenvalue weighted by Crippen LogP contribution is -2.48. The first-order chi connectivity index (χ1) is 11.9. The van der Waals surface area contributed by atoms with Gasteiger partial charge in [-0.1, -0.05) is 24.3 Å². The molecule has 0 radical (unpaired) electrons. The van der Waals surface area contributed by atoms with Crippen molar-refractivity contribution in [1.29, 1.82) is 0 Å². The van der Waals surface area contributed by atoms with E-state index in [1.165, 1.54) is 6.92 Å². The van der Waals surface area contributed by atoms with Crippen LogP contribution in [0.15, 0.2) is 42.5 Å². The SMILES string of the molecule is CC[N+](CC)(CC)c1ccc(C(=O)c2ccccc2C(C)=O)c(O)c1. The molecule has 2 rings (SSSR count).